The molecule has 1 amide bonds. The van der Waals surface area contributed by atoms with Gasteiger partial charge in [-0.1, -0.05) is 0 Å². The number of hydrogen-bond donors (Lipinski definition) is 1. The molecule has 0 bridgehead atoms. The fraction of sp³-hybridized carbons (Fsp3) is 0.300. The van der Waals surface area contributed by atoms with E-state index in [9.17, 15) is 13.6 Å². The van der Waals surface area contributed by atoms with Crippen LogP contribution in [0.5, 0.6) is 5.75 Å². The highest BCUT2D eigenvalue weighted by molar-refractivity contribution is 5.94. The number of aromatic amines is 1. The number of rotatable bonds is 3. The number of hydrogen-bond acceptors (Lipinski definition) is 3. The van der Waals surface area contributed by atoms with Crippen molar-refractivity contribution in [2.24, 2.45) is 0 Å². The first kappa shape index (κ1) is 17.5. The van der Waals surface area contributed by atoms with E-state index in [4.69, 9.17) is 4.74 Å². The van der Waals surface area contributed by atoms with Crippen LogP contribution in [0.15, 0.2) is 36.7 Å². The van der Waals surface area contributed by atoms with Crippen molar-refractivity contribution in [2.75, 3.05) is 20.2 Å². The average Bonchev–Trinajstić information content (AvgIpc) is 3.16. The number of methoxy groups -OCH3 is 1. The molecule has 7 heteroatoms. The standard InChI is InChI=1S/C20H19F2N3O2/c1-27-13-2-3-14(16(21)10-13)20(26)25-8-5-12(6-9-25)18-15-4-7-23-19(15)24-11-17(18)22/h2-4,7,10-12H,5-6,8-9H2,1H3,(H,23,24). The van der Waals surface area contributed by atoms with Gasteiger partial charge in [0.2, 0.25) is 0 Å². The van der Waals surface area contributed by atoms with Crippen molar-refractivity contribution < 1.29 is 18.3 Å². The van der Waals surface area contributed by atoms with Crippen LogP contribution in [-0.4, -0.2) is 41.0 Å². The van der Waals surface area contributed by atoms with E-state index in [1.54, 1.807) is 17.2 Å². The van der Waals surface area contributed by atoms with Gasteiger partial charge in [-0.25, -0.2) is 13.8 Å². The second-order valence-corrected chi connectivity index (χ2v) is 6.67. The molecule has 0 unspecified atom stereocenters. The minimum atomic E-state index is -0.601. The maximum atomic E-state index is 14.4. The van der Waals surface area contributed by atoms with Crippen molar-refractivity contribution in [3.63, 3.8) is 0 Å². The molecule has 1 aromatic carbocycles. The maximum absolute atomic E-state index is 14.4. The molecule has 1 saturated heterocycles. The van der Waals surface area contributed by atoms with E-state index in [0.717, 1.165) is 5.39 Å². The van der Waals surface area contributed by atoms with Crippen molar-refractivity contribution in [2.45, 2.75) is 18.8 Å². The Balaban J connectivity index is 1.51. The van der Waals surface area contributed by atoms with Gasteiger partial charge in [0.25, 0.3) is 5.91 Å². The Kier molecular flexibility index (Phi) is 4.51. The first-order chi connectivity index (χ1) is 13.1. The van der Waals surface area contributed by atoms with Crippen molar-refractivity contribution >= 4 is 16.9 Å². The molecule has 1 N–H and O–H groups in total. The number of halogens is 2. The number of ether oxygens (including phenoxy) is 1. The van der Waals surface area contributed by atoms with Crippen LogP contribution in [0, 0.1) is 11.6 Å². The highest BCUT2D eigenvalue weighted by atomic mass is 19.1. The smallest absolute Gasteiger partial charge is 0.256 e. The van der Waals surface area contributed by atoms with Crippen molar-refractivity contribution in [3.8, 4) is 5.75 Å². The summed E-state index contributed by atoms with van der Waals surface area (Å²) < 4.78 is 33.6. The third-order valence-electron chi connectivity index (χ3n) is 5.18. The number of pyridine rings is 1. The number of nitrogens with one attached hydrogen (secondary N) is 1. The topological polar surface area (TPSA) is 58.2 Å². The van der Waals surface area contributed by atoms with Gasteiger partial charge in [-0.05, 0) is 37.0 Å². The summed E-state index contributed by atoms with van der Waals surface area (Å²) in [6.45, 7) is 0.894. The van der Waals surface area contributed by atoms with Gasteiger partial charge in [0.15, 0.2) is 0 Å². The fourth-order valence-corrected chi connectivity index (χ4v) is 3.76. The zero-order valence-corrected chi connectivity index (χ0v) is 14.8. The van der Waals surface area contributed by atoms with Crippen molar-refractivity contribution in [3.05, 3.63) is 59.4 Å². The quantitative estimate of drug-likeness (QED) is 0.760. The molecule has 27 heavy (non-hydrogen) atoms. The highest BCUT2D eigenvalue weighted by Gasteiger charge is 2.28. The predicted molar refractivity (Wildman–Crippen MR) is 96.9 cm³/mol. The zero-order valence-electron chi connectivity index (χ0n) is 14.8. The lowest BCUT2D eigenvalue weighted by atomic mass is 9.87. The van der Waals surface area contributed by atoms with Crippen LogP contribution in [-0.2, 0) is 0 Å². The SMILES string of the molecule is COc1ccc(C(=O)N2CCC(c3c(F)cnc4[nH]ccc34)CC2)c(F)c1. The Morgan fingerprint density at radius 1 is 1.22 bits per heavy atom. The largest absolute Gasteiger partial charge is 0.497 e. The summed E-state index contributed by atoms with van der Waals surface area (Å²) in [6, 6.07) is 6.03. The highest BCUT2D eigenvalue weighted by Crippen LogP contribution is 2.34. The number of fused-ring (bicyclic) bond motifs is 1. The zero-order chi connectivity index (χ0) is 19.0. The van der Waals surface area contributed by atoms with Crippen molar-refractivity contribution in [1.29, 1.82) is 0 Å². The fourth-order valence-electron chi connectivity index (χ4n) is 3.76. The van der Waals surface area contributed by atoms with Crippen LogP contribution in [0.3, 0.4) is 0 Å². The lowest BCUT2D eigenvalue weighted by molar-refractivity contribution is 0.0708. The van der Waals surface area contributed by atoms with Gasteiger partial charge >= 0.3 is 0 Å². The number of carbonyl (C=O) groups is 1. The second kappa shape index (κ2) is 6.98. The number of carbonyl (C=O) groups excluding carboxylic acids is 1. The normalized spacial score (nSPS) is 15.3. The summed E-state index contributed by atoms with van der Waals surface area (Å²) in [4.78, 5) is 21.3. The summed E-state index contributed by atoms with van der Waals surface area (Å²) >= 11 is 0. The molecule has 4 rings (SSSR count). The Hall–Kier alpha value is -2.96. The summed E-state index contributed by atoms with van der Waals surface area (Å²) in [5.41, 5.74) is 1.33. The third-order valence-corrected chi connectivity index (χ3v) is 5.18. The van der Waals surface area contributed by atoms with Crippen LogP contribution >= 0.6 is 0 Å². The second-order valence-electron chi connectivity index (χ2n) is 6.67. The Morgan fingerprint density at radius 3 is 2.70 bits per heavy atom. The van der Waals surface area contributed by atoms with E-state index in [-0.39, 0.29) is 23.2 Å². The molecule has 0 atom stereocenters. The number of H-pyrrole nitrogens is 1. The minimum absolute atomic E-state index is 0.00364. The van der Waals surface area contributed by atoms with Gasteiger partial charge < -0.3 is 14.6 Å². The minimum Gasteiger partial charge on any atom is -0.497 e. The van der Waals surface area contributed by atoms with Crippen LogP contribution in [0.2, 0.25) is 0 Å². The van der Waals surface area contributed by atoms with E-state index in [1.165, 1.54) is 25.4 Å². The Morgan fingerprint density at radius 2 is 2.00 bits per heavy atom. The van der Waals surface area contributed by atoms with Gasteiger partial charge in [0.05, 0.1) is 18.9 Å². The summed E-state index contributed by atoms with van der Waals surface area (Å²) in [6.07, 6.45) is 4.21. The molecule has 0 radical (unpaired) electrons. The van der Waals surface area contributed by atoms with Gasteiger partial charge in [-0.2, -0.15) is 0 Å². The first-order valence-corrected chi connectivity index (χ1v) is 8.82. The molecular formula is C20H19F2N3O2. The van der Waals surface area contributed by atoms with E-state index < -0.39 is 5.82 Å². The molecular weight excluding hydrogens is 352 g/mol. The molecule has 1 aliphatic heterocycles. The van der Waals surface area contributed by atoms with Crippen LogP contribution < -0.4 is 4.74 Å². The van der Waals surface area contributed by atoms with Gasteiger partial charge in [0, 0.05) is 36.3 Å². The van der Waals surface area contributed by atoms with Crippen LogP contribution in [0.4, 0.5) is 8.78 Å². The van der Waals surface area contributed by atoms with Crippen LogP contribution in [0.1, 0.15) is 34.7 Å². The predicted octanol–water partition coefficient (Wildman–Crippen LogP) is 3.87. The van der Waals surface area contributed by atoms with Crippen LogP contribution in [0.25, 0.3) is 11.0 Å². The third kappa shape index (κ3) is 3.13. The Bertz CT molecular complexity index is 994. The number of amides is 1. The molecule has 1 aliphatic rings. The number of likely N-dealkylation sites (tertiary alicyclic amines) is 1. The molecule has 5 nitrogen and oxygen atoms in total. The number of aromatic nitrogens is 2. The summed E-state index contributed by atoms with van der Waals surface area (Å²) in [5.74, 6) is -0.915. The van der Waals surface area contributed by atoms with E-state index in [0.29, 0.717) is 42.9 Å². The maximum Gasteiger partial charge on any atom is 0.256 e. The number of benzene rings is 1. The number of piperidine rings is 1. The summed E-state index contributed by atoms with van der Waals surface area (Å²) in [7, 11) is 1.45. The summed E-state index contributed by atoms with van der Waals surface area (Å²) in [5, 5.41) is 0.779. The number of nitrogens with zero attached hydrogens (tertiary/aromatic N) is 2. The monoisotopic (exact) mass is 371 g/mol. The molecule has 0 aliphatic carbocycles. The van der Waals surface area contributed by atoms with Gasteiger partial charge in [-0.3, -0.25) is 4.79 Å². The van der Waals surface area contributed by atoms with Crippen molar-refractivity contribution in [1.82, 2.24) is 14.9 Å². The lowest BCUT2D eigenvalue weighted by Gasteiger charge is -2.32. The Labute approximate surface area is 155 Å². The molecule has 1 fully saturated rings. The van der Waals surface area contributed by atoms with E-state index in [2.05, 4.69) is 9.97 Å². The molecule has 3 aromatic rings. The molecule has 0 saturated carbocycles. The molecule has 3 heterocycles. The van der Waals surface area contributed by atoms with Gasteiger partial charge in [-0.15, -0.1) is 0 Å². The molecule has 0 spiro atoms. The first-order valence-electron chi connectivity index (χ1n) is 8.82. The molecule has 2 aromatic heterocycles. The molecule has 140 valence electrons. The van der Waals surface area contributed by atoms with E-state index >= 15 is 0 Å². The van der Waals surface area contributed by atoms with E-state index in [1.807, 2.05) is 6.07 Å². The lowest BCUT2D eigenvalue weighted by Crippen LogP contribution is -2.38. The average molecular weight is 371 g/mol. The van der Waals surface area contributed by atoms with Gasteiger partial charge in [0.1, 0.15) is 23.0 Å².